The SMILES string of the molecule is CN(CC(=O)NC1CC1)CC(=O)N(C)CCOc1ccc(Br)cc1. The van der Waals surface area contributed by atoms with Crippen LogP contribution in [0.1, 0.15) is 12.8 Å². The number of nitrogens with one attached hydrogen (secondary N) is 1. The van der Waals surface area contributed by atoms with Crippen LogP contribution in [0.25, 0.3) is 0 Å². The molecule has 0 spiro atoms. The number of carbonyl (C=O) groups is 2. The molecule has 0 heterocycles. The molecule has 132 valence electrons. The van der Waals surface area contributed by atoms with Gasteiger partial charge in [0.15, 0.2) is 0 Å². The molecule has 1 aliphatic carbocycles. The van der Waals surface area contributed by atoms with E-state index in [9.17, 15) is 9.59 Å². The minimum Gasteiger partial charge on any atom is -0.492 e. The molecule has 1 aromatic carbocycles. The van der Waals surface area contributed by atoms with Crippen molar-refractivity contribution in [2.75, 3.05) is 40.3 Å². The summed E-state index contributed by atoms with van der Waals surface area (Å²) in [6.07, 6.45) is 2.13. The van der Waals surface area contributed by atoms with Crippen molar-refractivity contribution in [2.45, 2.75) is 18.9 Å². The predicted molar refractivity (Wildman–Crippen MR) is 95.9 cm³/mol. The van der Waals surface area contributed by atoms with Gasteiger partial charge in [0.05, 0.1) is 19.6 Å². The zero-order valence-electron chi connectivity index (χ0n) is 14.1. The molecular weight excluding hydrogens is 374 g/mol. The Morgan fingerprint density at radius 1 is 1.21 bits per heavy atom. The lowest BCUT2D eigenvalue weighted by molar-refractivity contribution is -0.131. The van der Waals surface area contributed by atoms with E-state index in [1.165, 1.54) is 0 Å². The van der Waals surface area contributed by atoms with Crippen molar-refractivity contribution in [3.63, 3.8) is 0 Å². The third-order valence-electron chi connectivity index (χ3n) is 3.70. The lowest BCUT2D eigenvalue weighted by atomic mass is 10.3. The van der Waals surface area contributed by atoms with Gasteiger partial charge in [0, 0.05) is 17.6 Å². The van der Waals surface area contributed by atoms with Crippen LogP contribution >= 0.6 is 15.9 Å². The Hall–Kier alpha value is -1.60. The van der Waals surface area contributed by atoms with Crippen molar-refractivity contribution in [1.29, 1.82) is 0 Å². The van der Waals surface area contributed by atoms with E-state index in [0.29, 0.717) is 19.2 Å². The van der Waals surface area contributed by atoms with Crippen LogP contribution in [0.3, 0.4) is 0 Å². The summed E-state index contributed by atoms with van der Waals surface area (Å²) in [5.74, 6) is 0.720. The van der Waals surface area contributed by atoms with E-state index in [1.54, 1.807) is 23.9 Å². The normalized spacial score (nSPS) is 13.7. The van der Waals surface area contributed by atoms with Gasteiger partial charge in [-0.1, -0.05) is 15.9 Å². The molecule has 2 amide bonds. The fourth-order valence-corrected chi connectivity index (χ4v) is 2.37. The minimum atomic E-state index is -0.0314. The summed E-state index contributed by atoms with van der Waals surface area (Å²) in [6, 6.07) is 7.91. The molecule has 0 saturated heterocycles. The summed E-state index contributed by atoms with van der Waals surface area (Å²) in [7, 11) is 3.52. The predicted octanol–water partition coefficient (Wildman–Crippen LogP) is 1.50. The molecule has 7 heteroatoms. The third-order valence-corrected chi connectivity index (χ3v) is 4.22. The van der Waals surface area contributed by atoms with Crippen molar-refractivity contribution in [3.8, 4) is 5.75 Å². The molecule has 6 nitrogen and oxygen atoms in total. The first-order valence-electron chi connectivity index (χ1n) is 8.04. The maximum Gasteiger partial charge on any atom is 0.236 e. The van der Waals surface area contributed by atoms with Gasteiger partial charge in [-0.15, -0.1) is 0 Å². The average Bonchev–Trinajstić information content (AvgIpc) is 3.32. The number of likely N-dealkylation sites (N-methyl/N-ethyl adjacent to an activating group) is 2. The van der Waals surface area contributed by atoms with E-state index in [2.05, 4.69) is 21.2 Å². The van der Waals surface area contributed by atoms with Crippen LogP contribution in [0.2, 0.25) is 0 Å². The number of nitrogens with zero attached hydrogens (tertiary/aromatic N) is 2. The lowest BCUT2D eigenvalue weighted by Crippen LogP contribution is -2.42. The Labute approximate surface area is 151 Å². The van der Waals surface area contributed by atoms with Crippen LogP contribution in [0.5, 0.6) is 5.75 Å². The van der Waals surface area contributed by atoms with E-state index in [-0.39, 0.29) is 24.9 Å². The summed E-state index contributed by atoms with van der Waals surface area (Å²) in [6.45, 7) is 1.38. The van der Waals surface area contributed by atoms with Crippen molar-refractivity contribution < 1.29 is 14.3 Å². The first-order valence-corrected chi connectivity index (χ1v) is 8.83. The van der Waals surface area contributed by atoms with Gasteiger partial charge >= 0.3 is 0 Å². The van der Waals surface area contributed by atoms with Crippen molar-refractivity contribution in [3.05, 3.63) is 28.7 Å². The van der Waals surface area contributed by atoms with Gasteiger partial charge in [0.2, 0.25) is 11.8 Å². The van der Waals surface area contributed by atoms with E-state index in [4.69, 9.17) is 4.74 Å². The first kappa shape index (κ1) is 18.7. The van der Waals surface area contributed by atoms with Crippen LogP contribution in [-0.2, 0) is 9.59 Å². The van der Waals surface area contributed by atoms with Crippen LogP contribution in [0, 0.1) is 0 Å². The van der Waals surface area contributed by atoms with Gasteiger partial charge in [-0.3, -0.25) is 14.5 Å². The molecule has 0 radical (unpaired) electrons. The number of amides is 2. The smallest absolute Gasteiger partial charge is 0.236 e. The average molecular weight is 398 g/mol. The maximum absolute atomic E-state index is 12.1. The van der Waals surface area contributed by atoms with E-state index in [1.807, 2.05) is 24.3 Å². The van der Waals surface area contributed by atoms with Crippen molar-refractivity contribution >= 4 is 27.7 Å². The van der Waals surface area contributed by atoms with Crippen molar-refractivity contribution in [2.24, 2.45) is 0 Å². The topological polar surface area (TPSA) is 61.9 Å². The van der Waals surface area contributed by atoms with Gasteiger partial charge in [0.25, 0.3) is 0 Å². The fourth-order valence-electron chi connectivity index (χ4n) is 2.11. The second-order valence-electron chi connectivity index (χ2n) is 6.13. The highest BCUT2D eigenvalue weighted by Gasteiger charge is 2.24. The Morgan fingerprint density at radius 3 is 2.50 bits per heavy atom. The number of rotatable bonds is 9. The van der Waals surface area contributed by atoms with Crippen LogP contribution in [0.4, 0.5) is 0 Å². The van der Waals surface area contributed by atoms with E-state index >= 15 is 0 Å². The molecule has 0 unspecified atom stereocenters. The van der Waals surface area contributed by atoms with Crippen molar-refractivity contribution in [1.82, 2.24) is 15.1 Å². The van der Waals surface area contributed by atoms with Crippen LogP contribution in [-0.4, -0.2) is 68.0 Å². The molecule has 24 heavy (non-hydrogen) atoms. The highest BCUT2D eigenvalue weighted by molar-refractivity contribution is 9.10. The van der Waals surface area contributed by atoms with Gasteiger partial charge < -0.3 is 15.0 Å². The summed E-state index contributed by atoms with van der Waals surface area (Å²) in [5.41, 5.74) is 0. The summed E-state index contributed by atoms with van der Waals surface area (Å²) < 4.78 is 6.61. The first-order chi connectivity index (χ1) is 11.4. The molecule has 1 N–H and O–H groups in total. The molecule has 0 aromatic heterocycles. The zero-order chi connectivity index (χ0) is 17.5. The molecule has 1 saturated carbocycles. The van der Waals surface area contributed by atoms with Crippen LogP contribution < -0.4 is 10.1 Å². The standard InChI is InChI=1S/C17H24BrN3O3/c1-20(11-16(22)19-14-5-6-14)12-17(23)21(2)9-10-24-15-7-3-13(18)4-8-15/h3-4,7-8,14H,5-6,9-12H2,1-2H3,(H,19,22). The quantitative estimate of drug-likeness (QED) is 0.685. The molecule has 1 fully saturated rings. The van der Waals surface area contributed by atoms with Gasteiger partial charge in [0.1, 0.15) is 12.4 Å². The van der Waals surface area contributed by atoms with Crippen LogP contribution in [0.15, 0.2) is 28.7 Å². The Balaban J connectivity index is 1.63. The Kier molecular flexibility index (Phi) is 7.05. The molecule has 2 rings (SSSR count). The minimum absolute atomic E-state index is 0.0194. The highest BCUT2D eigenvalue weighted by atomic mass is 79.9. The Morgan fingerprint density at radius 2 is 1.88 bits per heavy atom. The number of hydrogen-bond acceptors (Lipinski definition) is 4. The summed E-state index contributed by atoms with van der Waals surface area (Å²) >= 11 is 3.37. The van der Waals surface area contributed by atoms with Gasteiger partial charge in [-0.25, -0.2) is 0 Å². The van der Waals surface area contributed by atoms with Gasteiger partial charge in [-0.2, -0.15) is 0 Å². The van der Waals surface area contributed by atoms with Gasteiger partial charge in [-0.05, 0) is 44.2 Å². The molecule has 0 atom stereocenters. The molecule has 1 aliphatic rings. The molecule has 0 bridgehead atoms. The van der Waals surface area contributed by atoms with E-state index < -0.39 is 0 Å². The third kappa shape index (κ3) is 6.88. The lowest BCUT2D eigenvalue weighted by Gasteiger charge is -2.21. The molecule has 0 aliphatic heterocycles. The Bertz CT molecular complexity index is 561. The number of hydrogen-bond donors (Lipinski definition) is 1. The maximum atomic E-state index is 12.1. The molecule has 1 aromatic rings. The fraction of sp³-hybridized carbons (Fsp3) is 0.529. The number of carbonyl (C=O) groups excluding carboxylic acids is 2. The van der Waals surface area contributed by atoms with E-state index in [0.717, 1.165) is 23.1 Å². The summed E-state index contributed by atoms with van der Waals surface area (Å²) in [5, 5.41) is 2.91. The monoisotopic (exact) mass is 397 g/mol. The summed E-state index contributed by atoms with van der Waals surface area (Å²) in [4.78, 5) is 27.2. The largest absolute Gasteiger partial charge is 0.492 e. The highest BCUT2D eigenvalue weighted by Crippen LogP contribution is 2.18. The molecular formula is C17H24BrN3O3. The zero-order valence-corrected chi connectivity index (χ0v) is 15.7. The second-order valence-corrected chi connectivity index (χ2v) is 7.05. The number of ether oxygens (including phenoxy) is 1. The second kappa shape index (κ2) is 9.03. The number of benzene rings is 1. The number of halogens is 1.